The lowest BCUT2D eigenvalue weighted by atomic mass is 10.1. The summed E-state index contributed by atoms with van der Waals surface area (Å²) in [5.41, 5.74) is 2.71. The third-order valence-corrected chi connectivity index (χ3v) is 2.80. The van der Waals surface area contributed by atoms with Crippen molar-refractivity contribution >= 4 is 22.7 Å². The Morgan fingerprint density at radius 1 is 1.16 bits per heavy atom. The van der Waals surface area contributed by atoms with Gasteiger partial charge >= 0.3 is 0 Å². The molecule has 1 aromatic heterocycles. The van der Waals surface area contributed by atoms with Crippen LogP contribution in [0.5, 0.6) is 0 Å². The average Bonchev–Trinajstić information content (AvgIpc) is 2.73. The van der Waals surface area contributed by atoms with Crippen molar-refractivity contribution in [3.8, 4) is 0 Å². The molecular weight excluding hydrogens is 242 g/mol. The van der Waals surface area contributed by atoms with Gasteiger partial charge in [0.25, 0.3) is 5.91 Å². The Morgan fingerprint density at radius 2 is 1.89 bits per heavy atom. The normalized spacial score (nSPS) is 10.4. The smallest absolute Gasteiger partial charge is 0.251 e. The quantitative estimate of drug-likeness (QED) is 0.725. The molecule has 0 atom stereocenters. The summed E-state index contributed by atoms with van der Waals surface area (Å²) in [5, 5.41) is 6.41. The van der Waals surface area contributed by atoms with Gasteiger partial charge in [0.2, 0.25) is 5.91 Å². The zero-order valence-corrected chi connectivity index (χ0v) is 11.0. The van der Waals surface area contributed by atoms with Gasteiger partial charge in [0.15, 0.2) is 0 Å². The molecular formula is C14H17N3O2. The van der Waals surface area contributed by atoms with Crippen LogP contribution in [0.2, 0.25) is 0 Å². The van der Waals surface area contributed by atoms with Gasteiger partial charge in [-0.2, -0.15) is 0 Å². The number of H-pyrrole nitrogens is 1. The molecule has 0 saturated carbocycles. The second-order valence-corrected chi connectivity index (χ2v) is 4.49. The summed E-state index contributed by atoms with van der Waals surface area (Å²) in [4.78, 5) is 25.8. The predicted molar refractivity (Wildman–Crippen MR) is 74.1 cm³/mol. The second-order valence-electron chi connectivity index (χ2n) is 4.49. The Balaban J connectivity index is 1.98. The van der Waals surface area contributed by atoms with Crippen molar-refractivity contribution in [3.63, 3.8) is 0 Å². The number of aromatic nitrogens is 1. The van der Waals surface area contributed by atoms with Gasteiger partial charge < -0.3 is 15.6 Å². The first kappa shape index (κ1) is 13.1. The number of hydrogen-bond donors (Lipinski definition) is 3. The van der Waals surface area contributed by atoms with Crippen LogP contribution in [0.4, 0.5) is 0 Å². The first-order valence-electron chi connectivity index (χ1n) is 6.18. The van der Waals surface area contributed by atoms with Crippen LogP contribution in [0.3, 0.4) is 0 Å². The minimum Gasteiger partial charge on any atom is -0.359 e. The molecule has 5 heteroatoms. The number of aromatic amines is 1. The first-order valence-corrected chi connectivity index (χ1v) is 6.18. The van der Waals surface area contributed by atoms with Crippen LogP contribution < -0.4 is 10.6 Å². The Morgan fingerprint density at radius 3 is 2.63 bits per heavy atom. The van der Waals surface area contributed by atoms with E-state index in [0.717, 1.165) is 16.6 Å². The Kier molecular flexibility index (Phi) is 3.85. The van der Waals surface area contributed by atoms with Gasteiger partial charge in [-0.25, -0.2) is 0 Å². The molecule has 0 fully saturated rings. The van der Waals surface area contributed by atoms with Crippen molar-refractivity contribution in [1.82, 2.24) is 15.6 Å². The lowest BCUT2D eigenvalue weighted by Crippen LogP contribution is -2.33. The maximum absolute atomic E-state index is 11.9. The van der Waals surface area contributed by atoms with Crippen LogP contribution in [0.15, 0.2) is 24.3 Å². The lowest BCUT2D eigenvalue weighted by molar-refractivity contribution is -0.118. The van der Waals surface area contributed by atoms with Gasteiger partial charge in [-0.05, 0) is 31.2 Å². The number of benzene rings is 1. The highest BCUT2D eigenvalue weighted by Gasteiger charge is 2.06. The van der Waals surface area contributed by atoms with Crippen molar-refractivity contribution < 1.29 is 9.59 Å². The molecule has 1 aromatic carbocycles. The Hall–Kier alpha value is -2.30. The summed E-state index contributed by atoms with van der Waals surface area (Å²) in [7, 11) is 0. The van der Waals surface area contributed by atoms with E-state index in [9.17, 15) is 9.59 Å². The number of amides is 2. The molecule has 2 amide bonds. The fourth-order valence-corrected chi connectivity index (χ4v) is 1.94. The molecule has 2 aromatic rings. The molecule has 5 nitrogen and oxygen atoms in total. The largest absolute Gasteiger partial charge is 0.359 e. The Bertz CT molecular complexity index is 616. The zero-order valence-electron chi connectivity index (χ0n) is 11.0. The Labute approximate surface area is 111 Å². The average molecular weight is 259 g/mol. The third-order valence-electron chi connectivity index (χ3n) is 2.80. The van der Waals surface area contributed by atoms with Crippen LogP contribution >= 0.6 is 0 Å². The van der Waals surface area contributed by atoms with E-state index in [-0.39, 0.29) is 11.8 Å². The zero-order chi connectivity index (χ0) is 13.8. The van der Waals surface area contributed by atoms with Crippen LogP contribution in [-0.2, 0) is 4.79 Å². The molecule has 0 radical (unpaired) electrons. The molecule has 0 aliphatic heterocycles. The maximum Gasteiger partial charge on any atom is 0.251 e. The molecule has 19 heavy (non-hydrogen) atoms. The third kappa shape index (κ3) is 3.34. The van der Waals surface area contributed by atoms with Crippen molar-refractivity contribution in [2.45, 2.75) is 13.8 Å². The van der Waals surface area contributed by atoms with Gasteiger partial charge in [-0.1, -0.05) is 0 Å². The van der Waals surface area contributed by atoms with Crippen molar-refractivity contribution in [3.05, 3.63) is 35.5 Å². The lowest BCUT2D eigenvalue weighted by Gasteiger charge is -2.05. The van der Waals surface area contributed by atoms with Gasteiger partial charge in [0.05, 0.1) is 0 Å². The predicted octanol–water partition coefficient (Wildman–Crippen LogP) is 1.34. The highest BCUT2D eigenvalue weighted by molar-refractivity contribution is 5.98. The van der Waals surface area contributed by atoms with Crippen molar-refractivity contribution in [2.24, 2.45) is 0 Å². The highest BCUT2D eigenvalue weighted by atomic mass is 16.2. The van der Waals surface area contributed by atoms with Crippen molar-refractivity contribution in [1.29, 1.82) is 0 Å². The van der Waals surface area contributed by atoms with E-state index in [1.54, 1.807) is 6.07 Å². The SMILES string of the molecule is CC(=O)NCCNC(=O)c1ccc2[nH]c(C)cc2c1. The number of carbonyl (C=O) groups excluding carboxylic acids is 2. The van der Waals surface area contributed by atoms with E-state index < -0.39 is 0 Å². The van der Waals surface area contributed by atoms with Crippen LogP contribution in [-0.4, -0.2) is 29.9 Å². The number of carbonyl (C=O) groups is 2. The number of fused-ring (bicyclic) bond motifs is 1. The molecule has 0 aliphatic rings. The molecule has 0 saturated heterocycles. The topological polar surface area (TPSA) is 74.0 Å². The summed E-state index contributed by atoms with van der Waals surface area (Å²) in [5.74, 6) is -0.232. The second kappa shape index (κ2) is 5.56. The van der Waals surface area contributed by atoms with E-state index >= 15 is 0 Å². The maximum atomic E-state index is 11.9. The van der Waals surface area contributed by atoms with Crippen molar-refractivity contribution in [2.75, 3.05) is 13.1 Å². The molecule has 2 rings (SSSR count). The highest BCUT2D eigenvalue weighted by Crippen LogP contribution is 2.16. The molecule has 0 unspecified atom stereocenters. The van der Waals surface area contributed by atoms with Crippen LogP contribution in [0.1, 0.15) is 23.0 Å². The van der Waals surface area contributed by atoms with E-state index in [4.69, 9.17) is 0 Å². The summed E-state index contributed by atoms with van der Waals surface area (Å²) in [6, 6.07) is 7.53. The van der Waals surface area contributed by atoms with Crippen LogP contribution in [0, 0.1) is 6.92 Å². The van der Waals surface area contributed by atoms with Crippen LogP contribution in [0.25, 0.3) is 10.9 Å². The minimum atomic E-state index is -0.133. The van der Waals surface area contributed by atoms with E-state index in [2.05, 4.69) is 15.6 Å². The summed E-state index contributed by atoms with van der Waals surface area (Å²) < 4.78 is 0. The molecule has 3 N–H and O–H groups in total. The van der Waals surface area contributed by atoms with Gasteiger partial charge in [0, 0.05) is 42.2 Å². The van der Waals surface area contributed by atoms with E-state index in [0.29, 0.717) is 18.7 Å². The molecule has 0 spiro atoms. The summed E-state index contributed by atoms with van der Waals surface area (Å²) in [6.45, 7) is 4.28. The first-order chi connectivity index (χ1) is 9.06. The molecule has 1 heterocycles. The van der Waals surface area contributed by atoms with Gasteiger partial charge in [-0.3, -0.25) is 9.59 Å². The number of aryl methyl sites for hydroxylation is 1. The molecule has 0 aliphatic carbocycles. The number of rotatable bonds is 4. The summed E-state index contributed by atoms with van der Waals surface area (Å²) in [6.07, 6.45) is 0. The standard InChI is InChI=1S/C14H17N3O2/c1-9-7-12-8-11(3-4-13(12)17-9)14(19)16-6-5-15-10(2)18/h3-4,7-8,17H,5-6H2,1-2H3,(H,15,18)(H,16,19). The minimum absolute atomic E-state index is 0.0986. The monoisotopic (exact) mass is 259 g/mol. The molecule has 0 bridgehead atoms. The van der Waals surface area contributed by atoms with E-state index in [1.807, 2.05) is 25.1 Å². The van der Waals surface area contributed by atoms with Gasteiger partial charge in [-0.15, -0.1) is 0 Å². The number of hydrogen-bond acceptors (Lipinski definition) is 2. The summed E-state index contributed by atoms with van der Waals surface area (Å²) >= 11 is 0. The van der Waals surface area contributed by atoms with E-state index in [1.165, 1.54) is 6.92 Å². The number of nitrogens with one attached hydrogen (secondary N) is 3. The fourth-order valence-electron chi connectivity index (χ4n) is 1.94. The fraction of sp³-hybridized carbons (Fsp3) is 0.286. The molecule has 100 valence electrons. The van der Waals surface area contributed by atoms with Gasteiger partial charge in [0.1, 0.15) is 0 Å².